The Morgan fingerprint density at radius 2 is 2.21 bits per heavy atom. The summed E-state index contributed by atoms with van der Waals surface area (Å²) in [6.45, 7) is 4.03. The van der Waals surface area contributed by atoms with Crippen molar-refractivity contribution in [2.24, 2.45) is 5.92 Å². The minimum atomic E-state index is -0.873. The molecule has 0 bridgehead atoms. The number of fused-ring (bicyclic) bond motifs is 3. The molecule has 3 aliphatic rings. The van der Waals surface area contributed by atoms with Gasteiger partial charge in [0.2, 0.25) is 0 Å². The molecule has 7 nitrogen and oxygen atoms in total. The topological polar surface area (TPSA) is 86.1 Å². The maximum absolute atomic E-state index is 11.3. The number of aromatic hydroxyl groups is 1. The lowest BCUT2D eigenvalue weighted by Gasteiger charge is -2.42. The van der Waals surface area contributed by atoms with Crippen LogP contribution in [0, 0.1) is 5.92 Å². The third kappa shape index (κ3) is 2.77. The van der Waals surface area contributed by atoms with Crippen LogP contribution in [0.5, 0.6) is 5.75 Å². The van der Waals surface area contributed by atoms with Crippen LogP contribution in [0.25, 0.3) is 0 Å². The first-order valence-electron chi connectivity index (χ1n) is 8.58. The molecule has 1 aromatic heterocycles. The average Bonchev–Trinajstić information content (AvgIpc) is 3.27. The molecule has 24 heavy (non-hydrogen) atoms. The van der Waals surface area contributed by atoms with E-state index in [4.69, 9.17) is 4.74 Å². The van der Waals surface area contributed by atoms with Crippen LogP contribution in [0.1, 0.15) is 31.0 Å². The van der Waals surface area contributed by atoms with E-state index in [0.717, 1.165) is 18.0 Å². The Morgan fingerprint density at radius 1 is 1.42 bits per heavy atom. The van der Waals surface area contributed by atoms with Gasteiger partial charge in [0.15, 0.2) is 0 Å². The van der Waals surface area contributed by atoms with Gasteiger partial charge in [-0.15, -0.1) is 0 Å². The quantitative estimate of drug-likeness (QED) is 0.874. The van der Waals surface area contributed by atoms with Crippen molar-refractivity contribution < 1.29 is 19.7 Å². The van der Waals surface area contributed by atoms with Crippen LogP contribution in [0.2, 0.25) is 0 Å². The molecule has 0 radical (unpaired) electrons. The highest BCUT2D eigenvalue weighted by Gasteiger charge is 2.41. The molecular weight excluding hydrogens is 310 g/mol. The molecule has 0 aromatic carbocycles. The van der Waals surface area contributed by atoms with E-state index in [1.165, 1.54) is 17.7 Å². The minimum Gasteiger partial charge on any atom is -0.506 e. The van der Waals surface area contributed by atoms with Crippen LogP contribution >= 0.6 is 0 Å². The number of nitrogens with zero attached hydrogens (tertiary/aromatic N) is 3. The number of carbonyl (C=O) groups is 1. The van der Waals surface area contributed by atoms with Gasteiger partial charge >= 0.3 is 6.09 Å². The van der Waals surface area contributed by atoms with Crippen LogP contribution in [0.3, 0.4) is 0 Å². The summed E-state index contributed by atoms with van der Waals surface area (Å²) >= 11 is 0. The largest absolute Gasteiger partial charge is 0.506 e. The first-order valence-corrected chi connectivity index (χ1v) is 8.58. The number of amides is 1. The summed E-state index contributed by atoms with van der Waals surface area (Å²) in [7, 11) is 0. The van der Waals surface area contributed by atoms with Gasteiger partial charge in [-0.3, -0.25) is 0 Å². The van der Waals surface area contributed by atoms with Gasteiger partial charge in [-0.1, -0.05) is 0 Å². The van der Waals surface area contributed by atoms with Gasteiger partial charge in [-0.25, -0.2) is 9.78 Å². The summed E-state index contributed by atoms with van der Waals surface area (Å²) in [6.07, 6.45) is 2.31. The van der Waals surface area contributed by atoms with E-state index in [-0.39, 0.29) is 17.8 Å². The molecule has 0 unspecified atom stereocenters. The van der Waals surface area contributed by atoms with Crippen molar-refractivity contribution in [3.63, 3.8) is 0 Å². The maximum Gasteiger partial charge on any atom is 0.407 e. The lowest BCUT2D eigenvalue weighted by molar-refractivity contribution is 0.107. The zero-order chi connectivity index (χ0) is 16.8. The summed E-state index contributed by atoms with van der Waals surface area (Å²) in [5.41, 5.74) is 1.56. The number of ether oxygens (including phenoxy) is 1. The molecule has 1 saturated heterocycles. The lowest BCUT2D eigenvalue weighted by Crippen LogP contribution is -2.58. The van der Waals surface area contributed by atoms with Gasteiger partial charge in [-0.05, 0) is 38.2 Å². The average molecular weight is 333 g/mol. The van der Waals surface area contributed by atoms with Gasteiger partial charge in [0.05, 0.1) is 12.6 Å². The van der Waals surface area contributed by atoms with E-state index in [2.05, 4.69) is 9.88 Å². The highest BCUT2D eigenvalue weighted by molar-refractivity contribution is 5.67. The molecule has 1 saturated carbocycles. The number of pyridine rings is 1. The first kappa shape index (κ1) is 15.5. The fraction of sp³-hybridized carbons (Fsp3) is 0.647. The first-order chi connectivity index (χ1) is 11.5. The zero-order valence-electron chi connectivity index (χ0n) is 13.8. The summed E-state index contributed by atoms with van der Waals surface area (Å²) < 4.78 is 5.67. The Bertz CT molecular complexity index is 661. The molecular formula is C17H23N3O4. The van der Waals surface area contributed by atoms with Gasteiger partial charge in [0.1, 0.15) is 17.3 Å². The monoisotopic (exact) mass is 333 g/mol. The number of carboxylic acid groups (broad SMARTS) is 1. The Morgan fingerprint density at radius 3 is 2.92 bits per heavy atom. The molecule has 7 heteroatoms. The van der Waals surface area contributed by atoms with Crippen molar-refractivity contribution in [1.82, 2.24) is 9.88 Å². The number of anilines is 1. The van der Waals surface area contributed by atoms with Crippen molar-refractivity contribution in [3.8, 4) is 5.75 Å². The van der Waals surface area contributed by atoms with E-state index in [1.807, 2.05) is 6.92 Å². The number of rotatable bonds is 4. The van der Waals surface area contributed by atoms with E-state index < -0.39 is 6.09 Å². The van der Waals surface area contributed by atoms with Gasteiger partial charge in [0, 0.05) is 31.3 Å². The minimum absolute atomic E-state index is 0.0679. The van der Waals surface area contributed by atoms with E-state index in [0.29, 0.717) is 37.7 Å². The Kier molecular flexibility index (Phi) is 3.75. The molecule has 2 aliphatic heterocycles. The predicted molar refractivity (Wildman–Crippen MR) is 87.3 cm³/mol. The summed E-state index contributed by atoms with van der Waals surface area (Å²) in [5, 5.41) is 19.5. The molecule has 2 fully saturated rings. The third-order valence-electron chi connectivity index (χ3n) is 5.18. The van der Waals surface area contributed by atoms with Crippen LogP contribution in [-0.2, 0) is 17.8 Å². The third-order valence-corrected chi connectivity index (χ3v) is 5.18. The second-order valence-electron chi connectivity index (χ2n) is 7.20. The molecule has 3 heterocycles. The summed E-state index contributed by atoms with van der Waals surface area (Å²) in [4.78, 5) is 19.6. The number of aromatic nitrogens is 1. The standard InChI is InChI=1S/C17H23N3O4/c1-10-6-19(17(22)23)7-13-4-12-5-15(21)14(18-16(12)20(10)13)9-24-8-11-2-3-11/h5,10-11,13,21H,2-4,6-9H2,1H3,(H,22,23)/t10-,13-/m1/s1. The van der Waals surface area contributed by atoms with Crippen molar-refractivity contribution in [2.75, 3.05) is 24.6 Å². The molecule has 1 amide bonds. The fourth-order valence-electron chi connectivity index (χ4n) is 3.79. The van der Waals surface area contributed by atoms with Crippen molar-refractivity contribution >= 4 is 11.9 Å². The van der Waals surface area contributed by atoms with E-state index in [1.54, 1.807) is 6.07 Å². The van der Waals surface area contributed by atoms with Gasteiger partial charge < -0.3 is 24.7 Å². The molecule has 2 N–H and O–H groups in total. The van der Waals surface area contributed by atoms with Crippen LogP contribution in [0.4, 0.5) is 10.6 Å². The van der Waals surface area contributed by atoms with Crippen LogP contribution < -0.4 is 4.90 Å². The summed E-state index contributed by atoms with van der Waals surface area (Å²) in [6, 6.07) is 1.93. The number of piperazine rings is 1. The number of hydrogen-bond acceptors (Lipinski definition) is 5. The van der Waals surface area contributed by atoms with Crippen molar-refractivity contribution in [3.05, 3.63) is 17.3 Å². The highest BCUT2D eigenvalue weighted by Crippen LogP contribution is 2.38. The smallest absolute Gasteiger partial charge is 0.407 e. The summed E-state index contributed by atoms with van der Waals surface area (Å²) in [5.74, 6) is 1.72. The van der Waals surface area contributed by atoms with E-state index >= 15 is 0 Å². The van der Waals surface area contributed by atoms with Crippen LogP contribution in [-0.4, -0.2) is 58.0 Å². The predicted octanol–water partition coefficient (Wildman–Crippen LogP) is 1.83. The van der Waals surface area contributed by atoms with Crippen LogP contribution in [0.15, 0.2) is 6.07 Å². The molecule has 4 rings (SSSR count). The fourth-order valence-corrected chi connectivity index (χ4v) is 3.79. The highest BCUT2D eigenvalue weighted by atomic mass is 16.5. The Labute approximate surface area is 140 Å². The number of hydrogen-bond donors (Lipinski definition) is 2. The Balaban J connectivity index is 1.53. The molecule has 2 atom stereocenters. The van der Waals surface area contributed by atoms with Gasteiger partial charge in [-0.2, -0.15) is 0 Å². The van der Waals surface area contributed by atoms with Crippen molar-refractivity contribution in [1.29, 1.82) is 0 Å². The zero-order valence-corrected chi connectivity index (χ0v) is 13.8. The molecule has 1 aliphatic carbocycles. The normalized spacial score (nSPS) is 25.5. The van der Waals surface area contributed by atoms with Crippen molar-refractivity contribution in [2.45, 2.75) is 44.9 Å². The lowest BCUT2D eigenvalue weighted by atomic mass is 10.1. The van der Waals surface area contributed by atoms with E-state index in [9.17, 15) is 15.0 Å². The SMILES string of the molecule is C[C@@H]1CN(C(=O)O)C[C@H]2Cc3cc(O)c(COCC4CC4)nc3N21. The molecule has 0 spiro atoms. The molecule has 1 aromatic rings. The second kappa shape index (κ2) is 5.81. The Hall–Kier alpha value is -2.02. The van der Waals surface area contributed by atoms with Gasteiger partial charge in [0.25, 0.3) is 0 Å². The molecule has 130 valence electrons. The second-order valence-corrected chi connectivity index (χ2v) is 7.20. The maximum atomic E-state index is 11.3.